The Balaban J connectivity index is 1.60. The van der Waals surface area contributed by atoms with Crippen LogP contribution in [0.4, 0.5) is 4.39 Å². The third kappa shape index (κ3) is 3.77. The molecule has 1 aliphatic heterocycles. The van der Waals surface area contributed by atoms with Crippen LogP contribution in [0.3, 0.4) is 0 Å². The lowest BCUT2D eigenvalue weighted by Crippen LogP contribution is -2.45. The first kappa shape index (κ1) is 19.9. The fourth-order valence-electron chi connectivity index (χ4n) is 3.77. The van der Waals surface area contributed by atoms with Crippen molar-refractivity contribution in [1.29, 1.82) is 0 Å². The van der Waals surface area contributed by atoms with Gasteiger partial charge in [0.25, 0.3) is 6.23 Å². The van der Waals surface area contributed by atoms with Crippen molar-refractivity contribution < 1.29 is 32.2 Å². The summed E-state index contributed by atoms with van der Waals surface area (Å²) in [6.07, 6.45) is 1.01. The van der Waals surface area contributed by atoms with E-state index in [4.69, 9.17) is 21.1 Å². The van der Waals surface area contributed by atoms with Gasteiger partial charge in [0.15, 0.2) is 11.5 Å². The molecule has 154 valence electrons. The van der Waals surface area contributed by atoms with Crippen molar-refractivity contribution in [3.05, 3.63) is 52.8 Å². The smallest absolute Gasteiger partial charge is 0.361 e. The summed E-state index contributed by atoms with van der Waals surface area (Å²) in [5.41, 5.74) is 0.929. The van der Waals surface area contributed by atoms with Crippen LogP contribution in [0.25, 0.3) is 0 Å². The van der Waals surface area contributed by atoms with Gasteiger partial charge in [-0.05, 0) is 43.5 Å². The Kier molecular flexibility index (Phi) is 5.14. The van der Waals surface area contributed by atoms with Crippen LogP contribution < -0.4 is 14.2 Å². The van der Waals surface area contributed by atoms with E-state index >= 15 is 0 Å². The quantitative estimate of drug-likeness (QED) is 0.667. The van der Waals surface area contributed by atoms with Gasteiger partial charge in [-0.15, -0.1) is 0 Å². The van der Waals surface area contributed by atoms with Crippen LogP contribution in [0.1, 0.15) is 30.7 Å². The normalized spacial score (nSPS) is 21.2. The highest BCUT2D eigenvalue weighted by molar-refractivity contribution is 7.89. The lowest BCUT2D eigenvalue weighted by molar-refractivity contribution is -0.145. The van der Waals surface area contributed by atoms with Gasteiger partial charge < -0.3 is 14.6 Å². The van der Waals surface area contributed by atoms with E-state index in [1.807, 2.05) is 10.8 Å². The van der Waals surface area contributed by atoms with E-state index in [9.17, 15) is 22.7 Å². The lowest BCUT2D eigenvalue weighted by atomic mass is 9.97. The van der Waals surface area contributed by atoms with Crippen molar-refractivity contribution in [2.24, 2.45) is 0 Å². The highest BCUT2D eigenvalue weighted by atomic mass is 35.5. The topological polar surface area (TPSA) is 102 Å². The minimum atomic E-state index is -4.40. The van der Waals surface area contributed by atoms with E-state index in [0.717, 1.165) is 43.0 Å². The number of para-hydroxylation sites is 1. The van der Waals surface area contributed by atoms with Crippen molar-refractivity contribution in [2.75, 3.05) is 0 Å². The van der Waals surface area contributed by atoms with E-state index in [1.54, 1.807) is 6.07 Å². The molecule has 10 heteroatoms. The minimum Gasteiger partial charge on any atom is -0.486 e. The number of halogens is 2. The molecule has 0 amide bonds. The molecule has 1 aliphatic carbocycles. The Labute approximate surface area is 171 Å². The van der Waals surface area contributed by atoms with Crippen molar-refractivity contribution in [2.45, 2.75) is 42.4 Å². The van der Waals surface area contributed by atoms with E-state index < -0.39 is 32.9 Å². The van der Waals surface area contributed by atoms with Gasteiger partial charge in [0.05, 0.1) is 5.02 Å². The number of benzene rings is 2. The molecule has 0 radical (unpaired) electrons. The largest absolute Gasteiger partial charge is 0.486 e. The van der Waals surface area contributed by atoms with Gasteiger partial charge in [0.2, 0.25) is 10.0 Å². The van der Waals surface area contributed by atoms with Gasteiger partial charge in [-0.1, -0.05) is 23.7 Å². The molecular formula is C19H17ClFNO6S. The zero-order valence-corrected chi connectivity index (χ0v) is 16.5. The van der Waals surface area contributed by atoms with Gasteiger partial charge in [-0.25, -0.2) is 17.6 Å². The summed E-state index contributed by atoms with van der Waals surface area (Å²) in [7, 11) is -4.40. The first-order valence-electron chi connectivity index (χ1n) is 8.92. The predicted molar refractivity (Wildman–Crippen MR) is 101 cm³/mol. The number of carboxylic acid groups (broad SMARTS) is 1. The Hall–Kier alpha value is -2.36. The number of fused-ring (bicyclic) bond motifs is 3. The third-order valence-electron chi connectivity index (χ3n) is 5.05. The molecular weight excluding hydrogens is 425 g/mol. The molecule has 7 nitrogen and oxygen atoms in total. The van der Waals surface area contributed by atoms with Gasteiger partial charge >= 0.3 is 5.97 Å². The SMILES string of the molecule is O=C(O)C(NS(=O)(=O)c1ccc(F)cc1Cl)Oc1cccc2c1OC1CCCC21. The molecule has 2 N–H and O–H groups in total. The van der Waals surface area contributed by atoms with Gasteiger partial charge in [0, 0.05) is 11.5 Å². The maximum absolute atomic E-state index is 13.2. The highest BCUT2D eigenvalue weighted by Gasteiger charge is 2.40. The Morgan fingerprint density at radius 1 is 1.31 bits per heavy atom. The van der Waals surface area contributed by atoms with Crippen molar-refractivity contribution in [3.63, 3.8) is 0 Å². The van der Waals surface area contributed by atoms with Crippen LogP contribution in [0.15, 0.2) is 41.3 Å². The van der Waals surface area contributed by atoms with Crippen LogP contribution in [0.5, 0.6) is 11.5 Å². The first-order chi connectivity index (χ1) is 13.8. The Morgan fingerprint density at radius 3 is 2.83 bits per heavy atom. The number of carbonyl (C=O) groups is 1. The van der Waals surface area contributed by atoms with Crippen molar-refractivity contribution in [3.8, 4) is 11.5 Å². The maximum atomic E-state index is 13.2. The maximum Gasteiger partial charge on any atom is 0.361 e. The monoisotopic (exact) mass is 441 g/mol. The van der Waals surface area contributed by atoms with Crippen LogP contribution >= 0.6 is 11.6 Å². The molecule has 2 aromatic carbocycles. The predicted octanol–water partition coefficient (Wildman–Crippen LogP) is 3.28. The minimum absolute atomic E-state index is 0.0211. The van der Waals surface area contributed by atoms with Gasteiger partial charge in [-0.3, -0.25) is 0 Å². The van der Waals surface area contributed by atoms with Crippen molar-refractivity contribution in [1.82, 2.24) is 4.72 Å². The van der Waals surface area contributed by atoms with Gasteiger partial charge in [-0.2, -0.15) is 4.72 Å². The fourth-order valence-corrected chi connectivity index (χ4v) is 5.36. The summed E-state index contributed by atoms with van der Waals surface area (Å²) in [5, 5.41) is 9.11. The molecule has 1 fully saturated rings. The summed E-state index contributed by atoms with van der Waals surface area (Å²) < 4.78 is 51.7. The molecule has 0 spiro atoms. The number of hydrogen-bond donors (Lipinski definition) is 2. The van der Waals surface area contributed by atoms with Crippen LogP contribution in [-0.2, 0) is 14.8 Å². The number of ether oxygens (including phenoxy) is 2. The lowest BCUT2D eigenvalue weighted by Gasteiger charge is -2.19. The standard InChI is InChI=1S/C19H17ClFNO6S/c20-13-9-10(21)7-8-16(13)29(25,26)22-18(19(23)24)28-15-6-2-4-12-11-3-1-5-14(11)27-17(12)15/h2,4,6-9,11,14,18,22H,1,3,5H2,(H,23,24). The van der Waals surface area contributed by atoms with Crippen LogP contribution in [0, 0.1) is 5.82 Å². The van der Waals surface area contributed by atoms with E-state index in [1.165, 1.54) is 6.07 Å². The molecule has 0 saturated heterocycles. The number of sulfonamides is 1. The second-order valence-corrected chi connectivity index (χ2v) is 8.99. The average molecular weight is 442 g/mol. The van der Waals surface area contributed by atoms with Crippen LogP contribution in [-0.4, -0.2) is 31.8 Å². The third-order valence-corrected chi connectivity index (χ3v) is 6.93. The zero-order valence-electron chi connectivity index (χ0n) is 15.0. The number of hydrogen-bond acceptors (Lipinski definition) is 5. The molecule has 0 aromatic heterocycles. The summed E-state index contributed by atoms with van der Waals surface area (Å²) in [6.45, 7) is 0. The first-order valence-corrected chi connectivity index (χ1v) is 10.8. The van der Waals surface area contributed by atoms with E-state index in [0.29, 0.717) is 5.75 Å². The number of nitrogens with one attached hydrogen (secondary N) is 1. The molecule has 2 aromatic rings. The summed E-state index contributed by atoms with van der Waals surface area (Å²) in [4.78, 5) is 11.2. The molecule has 3 unspecified atom stereocenters. The second-order valence-electron chi connectivity index (χ2n) is 6.90. The number of rotatable bonds is 6. The summed E-state index contributed by atoms with van der Waals surface area (Å²) in [6, 6.07) is 7.81. The average Bonchev–Trinajstić information content (AvgIpc) is 3.22. The summed E-state index contributed by atoms with van der Waals surface area (Å²) in [5.74, 6) is -1.47. The molecule has 1 saturated carbocycles. The highest BCUT2D eigenvalue weighted by Crippen LogP contribution is 2.50. The number of carboxylic acids is 1. The molecule has 4 rings (SSSR count). The van der Waals surface area contributed by atoms with E-state index in [2.05, 4.69) is 0 Å². The Morgan fingerprint density at radius 2 is 2.10 bits per heavy atom. The van der Waals surface area contributed by atoms with Gasteiger partial charge in [0.1, 0.15) is 16.8 Å². The van der Waals surface area contributed by atoms with Crippen molar-refractivity contribution >= 4 is 27.6 Å². The second kappa shape index (κ2) is 7.47. The molecule has 29 heavy (non-hydrogen) atoms. The molecule has 3 atom stereocenters. The summed E-state index contributed by atoms with van der Waals surface area (Å²) >= 11 is 5.80. The number of aliphatic carboxylic acids is 1. The molecule has 0 bridgehead atoms. The molecule has 2 aliphatic rings. The van der Waals surface area contributed by atoms with E-state index in [-0.39, 0.29) is 22.8 Å². The molecule has 1 heterocycles. The fraction of sp³-hybridized carbons (Fsp3) is 0.316. The zero-order chi connectivity index (χ0) is 20.8. The van der Waals surface area contributed by atoms with Crippen LogP contribution in [0.2, 0.25) is 5.02 Å². The Bertz CT molecular complexity index is 1080.